The molecule has 24 N–H and O–H groups in total. The Kier molecular flexibility index (Phi) is 28.8. The van der Waals surface area contributed by atoms with E-state index < -0.39 is 294 Å². The predicted molar refractivity (Wildman–Crippen MR) is 372 cm³/mol. The fourth-order valence-corrected chi connectivity index (χ4v) is 20.6. The summed E-state index contributed by atoms with van der Waals surface area (Å²) in [5.41, 5.74) is -2.81. The van der Waals surface area contributed by atoms with E-state index in [-0.39, 0.29) is 48.5 Å². The van der Waals surface area contributed by atoms with E-state index in [4.69, 9.17) is 61.6 Å². The smallest absolute Gasteiger partial charge is 0.187 e. The normalized spacial score (nSPS) is 52.3. The quantitative estimate of drug-likeness (QED) is 0.0358. The van der Waals surface area contributed by atoms with Gasteiger partial charge in [0.2, 0.25) is 0 Å². The average molecular weight is 1610 g/mol. The second kappa shape index (κ2) is 35.5. The van der Waals surface area contributed by atoms with Gasteiger partial charge in [-0.25, -0.2) is 0 Å². The number of ether oxygens (including phenoxy) is 13. The molecule has 5 aliphatic carbocycles. The summed E-state index contributed by atoms with van der Waals surface area (Å²) < 4.78 is 78.9. The third-order valence-corrected chi connectivity index (χ3v) is 28.0. The van der Waals surface area contributed by atoms with E-state index in [0.29, 0.717) is 32.1 Å². The van der Waals surface area contributed by atoms with E-state index >= 15 is 0 Å². The molecular weight excluding hydrogens is 1480 g/mol. The lowest BCUT2D eigenvalue weighted by Crippen LogP contribution is -2.67. The summed E-state index contributed by atoms with van der Waals surface area (Å²) in [6.45, 7) is 12.3. The largest absolute Gasteiger partial charge is 0.394 e. The SMILES string of the molecule is C[C@@H]1[C@@H](O)[C@@H](OC[C@H]2O[C@H](OC[C@H]3O[C@@H](O[C@H](CC[C@@H](C)C4CC[C@@]5(C)C6CC=C7C(CC[C@H](O[C@@H]8C[C@H](CO[C@H]9O[C@H](CO)[C@@H](O)[C@H](O)[C@H]9O)[C@@H](O)[C@H](O)[C@H]8O)C7(C)C)[C@]6(C)[C@H](O)C[C@]45C)C(C)(C)O)[C@H](O[C@@H]4O[C@H](CO)[C@@H](O)[C@H](O)[C@H]4O)[C@@H](O)[C@@H]3O[C@H]3O[C@H](CO)[C@@H](O)[C@H](O)[C@H]3O)[C@H](O)[C@@H](O)[C@@H]2O)O[C@H](CO)[C@H]1O. The monoisotopic (exact) mass is 1610 g/mol. The second-order valence-electron chi connectivity index (χ2n) is 35.2. The molecule has 111 heavy (non-hydrogen) atoms. The van der Waals surface area contributed by atoms with Gasteiger partial charge < -0.3 is 184 Å². The lowest BCUT2D eigenvalue weighted by atomic mass is 9.38. The molecule has 11 aliphatic rings. The molecule has 11 rings (SSSR count). The van der Waals surface area contributed by atoms with Crippen molar-refractivity contribution < 1.29 is 184 Å². The molecule has 6 saturated heterocycles. The summed E-state index contributed by atoms with van der Waals surface area (Å²) in [5.74, 6) is -2.02. The molecule has 0 aromatic heterocycles. The molecule has 45 atom stereocenters. The van der Waals surface area contributed by atoms with E-state index in [0.717, 1.165) is 18.4 Å². The Morgan fingerprint density at radius 3 is 1.44 bits per heavy atom. The molecule has 0 amide bonds. The van der Waals surface area contributed by atoms with E-state index in [9.17, 15) is 123 Å². The molecule has 0 aromatic rings. The minimum atomic E-state index is -2.20. The lowest BCUT2D eigenvalue weighted by molar-refractivity contribution is -0.398. The summed E-state index contributed by atoms with van der Waals surface area (Å²) in [6.07, 6.45) is -53.7. The standard InChI is InChI=1S/C74H126O37/c1-27(30-16-17-72(7)40-13-11-31-32(74(40,9)41(79)19-73(30,72)8)12-15-42(70(31,3)4)102-33-18-29(46(82)52(88)47(33)83)24-99-65-57(93)53(89)48(84)35(21-76)104-65)10-14-43(71(5,6)98)109-69-63(111-68-60(96)55(91)50(86)37(23-78)106-68)61(97)62(110-67-59(95)54(90)49(85)36(22-77)105-67)39(108-69)26-101-66-58(94)56(92)51(87)38(107-66)25-100-64-45(81)28(2)44(80)34(20-75)103-64/h11,27-30,32-69,75-98H,10,12-26H2,1-9H3/t27-,28+,29-,30?,32?,33-,34-,35-,36-,37-,38-,39-,40?,41-,42+,43-,44+,45-,46-,47+,48-,49-,50-,51-,52+,53+,54+,55+,56+,57-,58-,59-,60-,61+,62-,63-,64+,65+,66+,67-,68+,69+,72+,73-,74+/m1/s1. The molecule has 0 bridgehead atoms. The van der Waals surface area contributed by atoms with Crippen LogP contribution in [0.4, 0.5) is 0 Å². The van der Waals surface area contributed by atoms with Crippen molar-refractivity contribution >= 4 is 0 Å². The number of rotatable bonds is 26. The molecule has 4 saturated carbocycles. The highest BCUT2D eigenvalue weighted by molar-refractivity contribution is 5.32. The first-order chi connectivity index (χ1) is 52.0. The van der Waals surface area contributed by atoms with Crippen molar-refractivity contribution in [3.8, 4) is 0 Å². The van der Waals surface area contributed by atoms with Crippen molar-refractivity contribution in [2.45, 2.75) is 347 Å². The van der Waals surface area contributed by atoms with Gasteiger partial charge in [0, 0.05) is 22.7 Å². The molecule has 37 heteroatoms. The minimum absolute atomic E-state index is 0.0163. The maximum absolute atomic E-state index is 13.0. The zero-order valence-electron chi connectivity index (χ0n) is 64.2. The summed E-state index contributed by atoms with van der Waals surface area (Å²) in [6, 6.07) is 0. The van der Waals surface area contributed by atoms with Gasteiger partial charge in [-0.15, -0.1) is 0 Å². The van der Waals surface area contributed by atoms with Gasteiger partial charge in [-0.3, -0.25) is 0 Å². The van der Waals surface area contributed by atoms with Crippen molar-refractivity contribution in [3.63, 3.8) is 0 Å². The second-order valence-corrected chi connectivity index (χ2v) is 35.2. The first-order valence-electron chi connectivity index (χ1n) is 39.2. The van der Waals surface area contributed by atoms with Crippen LogP contribution in [-0.4, -0.2) is 395 Å². The maximum atomic E-state index is 13.0. The van der Waals surface area contributed by atoms with Gasteiger partial charge in [-0.2, -0.15) is 0 Å². The number of allylic oxidation sites excluding steroid dienone is 1. The molecule has 37 nitrogen and oxygen atoms in total. The first kappa shape index (κ1) is 90.0. The van der Waals surface area contributed by atoms with E-state index in [1.54, 1.807) is 0 Å². The Labute approximate surface area is 643 Å². The summed E-state index contributed by atoms with van der Waals surface area (Å²) >= 11 is 0. The van der Waals surface area contributed by atoms with Gasteiger partial charge in [-0.05, 0) is 106 Å². The van der Waals surface area contributed by atoms with Gasteiger partial charge in [0.05, 0.1) is 88.5 Å². The van der Waals surface area contributed by atoms with E-state index in [2.05, 4.69) is 47.6 Å². The van der Waals surface area contributed by atoms with E-state index in [1.807, 2.05) is 0 Å². The number of fused-ring (bicyclic) bond motifs is 5. The van der Waals surface area contributed by atoms with Crippen LogP contribution in [0.2, 0.25) is 0 Å². The Balaban J connectivity index is 0.816. The van der Waals surface area contributed by atoms with Crippen LogP contribution in [0.5, 0.6) is 0 Å². The van der Waals surface area contributed by atoms with Crippen LogP contribution < -0.4 is 0 Å². The van der Waals surface area contributed by atoms with Crippen LogP contribution in [0.3, 0.4) is 0 Å². The highest BCUT2D eigenvalue weighted by atomic mass is 16.8. The van der Waals surface area contributed by atoms with Crippen molar-refractivity contribution in [2.75, 3.05) is 46.2 Å². The van der Waals surface area contributed by atoms with Crippen molar-refractivity contribution in [3.05, 3.63) is 11.6 Å². The number of hydrogen-bond acceptors (Lipinski definition) is 37. The Bertz CT molecular complexity index is 3010. The van der Waals surface area contributed by atoms with Gasteiger partial charge in [-0.1, -0.05) is 60.1 Å². The third-order valence-electron chi connectivity index (χ3n) is 28.0. The summed E-state index contributed by atoms with van der Waals surface area (Å²) in [5, 5.41) is 265. The van der Waals surface area contributed by atoms with Gasteiger partial charge in [0.1, 0.15) is 146 Å². The molecule has 0 radical (unpaired) electrons. The van der Waals surface area contributed by atoms with Crippen LogP contribution in [0.15, 0.2) is 11.6 Å². The zero-order valence-corrected chi connectivity index (χ0v) is 64.2. The third kappa shape index (κ3) is 17.0. The van der Waals surface area contributed by atoms with Crippen LogP contribution in [-0.2, 0) is 61.6 Å². The summed E-state index contributed by atoms with van der Waals surface area (Å²) in [7, 11) is 0. The number of aliphatic hydroxyl groups excluding tert-OH is 23. The van der Waals surface area contributed by atoms with Crippen LogP contribution in [0.25, 0.3) is 0 Å². The van der Waals surface area contributed by atoms with E-state index in [1.165, 1.54) is 20.8 Å². The first-order valence-corrected chi connectivity index (χ1v) is 39.2. The lowest BCUT2D eigenvalue weighted by Gasteiger charge is -2.67. The van der Waals surface area contributed by atoms with Crippen molar-refractivity contribution in [1.82, 2.24) is 0 Å². The van der Waals surface area contributed by atoms with Crippen molar-refractivity contribution in [2.24, 2.45) is 57.2 Å². The number of hydrogen-bond donors (Lipinski definition) is 24. The van der Waals surface area contributed by atoms with Crippen LogP contribution >= 0.6 is 0 Å². The van der Waals surface area contributed by atoms with Gasteiger partial charge >= 0.3 is 0 Å². The Morgan fingerprint density at radius 1 is 0.459 bits per heavy atom. The van der Waals surface area contributed by atoms with Gasteiger partial charge in [0.25, 0.3) is 0 Å². The highest BCUT2D eigenvalue weighted by Crippen LogP contribution is 2.75. The predicted octanol–water partition coefficient (Wildman–Crippen LogP) is -7.82. The van der Waals surface area contributed by atoms with Crippen molar-refractivity contribution in [1.29, 1.82) is 0 Å². The summed E-state index contributed by atoms with van der Waals surface area (Å²) in [4.78, 5) is 0. The molecule has 10 fully saturated rings. The fourth-order valence-electron chi connectivity index (χ4n) is 20.6. The molecule has 0 aromatic carbocycles. The molecule has 644 valence electrons. The van der Waals surface area contributed by atoms with Crippen LogP contribution in [0, 0.1) is 57.2 Å². The fraction of sp³-hybridized carbons (Fsp3) is 0.973. The molecule has 0 spiro atoms. The maximum Gasteiger partial charge on any atom is 0.187 e. The minimum Gasteiger partial charge on any atom is -0.394 e. The highest BCUT2D eigenvalue weighted by Gasteiger charge is 2.71. The average Bonchev–Trinajstić information content (AvgIpc) is 1.61. The van der Waals surface area contributed by atoms with Crippen LogP contribution in [0.1, 0.15) is 120 Å². The Hall–Kier alpha value is -1.74. The molecule has 3 unspecified atom stereocenters. The molecule has 6 aliphatic heterocycles. The number of aliphatic hydroxyl groups is 24. The molecule has 6 heterocycles. The zero-order chi connectivity index (χ0) is 81.5. The Morgan fingerprint density at radius 2 is 0.910 bits per heavy atom. The topological polar surface area (TPSA) is 606 Å². The molecular formula is C74H126O37. The van der Waals surface area contributed by atoms with Gasteiger partial charge in [0.15, 0.2) is 37.7 Å².